The number of nitrogens with one attached hydrogen (secondary N) is 1. The van der Waals surface area contributed by atoms with Gasteiger partial charge in [0.25, 0.3) is 0 Å². The van der Waals surface area contributed by atoms with E-state index in [0.29, 0.717) is 15.6 Å². The summed E-state index contributed by atoms with van der Waals surface area (Å²) in [6, 6.07) is 17.2. The molecule has 3 aromatic rings. The summed E-state index contributed by atoms with van der Waals surface area (Å²) in [6.07, 6.45) is 0. The number of hydrogen-bond donors (Lipinski definition) is 2. The van der Waals surface area contributed by atoms with Crippen molar-refractivity contribution in [2.45, 2.75) is 18.0 Å². The largest absolute Gasteiger partial charge is 0.507 e. The molecule has 0 fully saturated rings. The number of phenols is 1. The average molecular weight is 466 g/mol. The van der Waals surface area contributed by atoms with Crippen molar-refractivity contribution in [2.75, 3.05) is 0 Å². The lowest BCUT2D eigenvalue weighted by Gasteiger charge is -2.11. The Morgan fingerprint density at radius 2 is 1.63 bits per heavy atom. The fourth-order valence-electron chi connectivity index (χ4n) is 2.59. The maximum absolute atomic E-state index is 12.6. The number of aromatic hydroxyl groups is 1. The number of sulfonamides is 1. The third-order valence-electron chi connectivity index (χ3n) is 4.22. The minimum absolute atomic E-state index is 0.0782. The van der Waals surface area contributed by atoms with Crippen LogP contribution >= 0.6 is 23.2 Å². The number of carbonyl (C=O) groups excluding carboxylic acids is 1. The van der Waals surface area contributed by atoms with Crippen molar-refractivity contribution in [3.05, 3.63) is 93.5 Å². The van der Waals surface area contributed by atoms with Crippen molar-refractivity contribution in [1.82, 2.24) is 4.72 Å². The SMILES string of the molecule is O=C(OCc1c(Cl)cccc1Cl)c1cc(S(=O)(=O)NCc2ccccc2)ccc1O. The molecule has 0 amide bonds. The van der Waals surface area contributed by atoms with E-state index < -0.39 is 21.7 Å². The Morgan fingerprint density at radius 3 is 2.30 bits per heavy atom. The lowest BCUT2D eigenvalue weighted by atomic mass is 10.2. The topological polar surface area (TPSA) is 92.7 Å². The molecule has 2 N–H and O–H groups in total. The van der Waals surface area contributed by atoms with Gasteiger partial charge in [0.05, 0.1) is 4.90 Å². The Kier molecular flexibility index (Phi) is 6.99. The number of phenolic OH excluding ortho intramolecular Hbond substituents is 1. The summed E-state index contributed by atoms with van der Waals surface area (Å²) in [6.45, 7) is -0.158. The predicted molar refractivity (Wildman–Crippen MR) is 114 cm³/mol. The van der Waals surface area contributed by atoms with Crippen LogP contribution < -0.4 is 4.72 Å². The van der Waals surface area contributed by atoms with Crippen LogP contribution in [0.5, 0.6) is 5.75 Å². The highest BCUT2D eigenvalue weighted by molar-refractivity contribution is 7.89. The Balaban J connectivity index is 1.76. The highest BCUT2D eigenvalue weighted by Crippen LogP contribution is 2.27. The second kappa shape index (κ2) is 9.49. The Labute approximate surface area is 184 Å². The monoisotopic (exact) mass is 465 g/mol. The zero-order valence-electron chi connectivity index (χ0n) is 15.5. The molecule has 0 atom stereocenters. The molecule has 0 saturated carbocycles. The quantitative estimate of drug-likeness (QED) is 0.499. The van der Waals surface area contributed by atoms with Crippen molar-refractivity contribution in [2.24, 2.45) is 0 Å². The zero-order valence-corrected chi connectivity index (χ0v) is 17.8. The molecule has 156 valence electrons. The number of carbonyl (C=O) groups is 1. The summed E-state index contributed by atoms with van der Waals surface area (Å²) >= 11 is 12.1. The average Bonchev–Trinajstić information content (AvgIpc) is 2.73. The summed E-state index contributed by atoms with van der Waals surface area (Å²) in [4.78, 5) is 12.3. The fourth-order valence-corrected chi connectivity index (χ4v) is 4.14. The molecule has 0 aromatic heterocycles. The standard InChI is InChI=1S/C21H17Cl2NO5S/c22-18-7-4-8-19(23)17(18)13-29-21(26)16-11-15(9-10-20(16)25)30(27,28)24-12-14-5-2-1-3-6-14/h1-11,24-25H,12-13H2. The van der Waals surface area contributed by atoms with Gasteiger partial charge >= 0.3 is 5.97 Å². The van der Waals surface area contributed by atoms with Crippen LogP contribution in [0.25, 0.3) is 0 Å². The van der Waals surface area contributed by atoms with Crippen molar-refractivity contribution >= 4 is 39.2 Å². The van der Waals surface area contributed by atoms with Crippen molar-refractivity contribution in [3.8, 4) is 5.75 Å². The van der Waals surface area contributed by atoms with E-state index in [-0.39, 0.29) is 23.6 Å². The molecular weight excluding hydrogens is 449 g/mol. The molecule has 0 unspecified atom stereocenters. The lowest BCUT2D eigenvalue weighted by Crippen LogP contribution is -2.23. The van der Waals surface area contributed by atoms with Gasteiger partial charge in [-0.1, -0.05) is 59.6 Å². The summed E-state index contributed by atoms with van der Waals surface area (Å²) in [5, 5.41) is 10.7. The molecule has 0 heterocycles. The molecule has 9 heteroatoms. The molecule has 0 aliphatic rings. The van der Waals surface area contributed by atoms with Gasteiger partial charge in [0.15, 0.2) is 0 Å². The molecular formula is C21H17Cl2NO5S. The molecule has 0 radical (unpaired) electrons. The lowest BCUT2D eigenvalue weighted by molar-refractivity contribution is 0.0469. The molecule has 0 aliphatic carbocycles. The smallest absolute Gasteiger partial charge is 0.342 e. The molecule has 6 nitrogen and oxygen atoms in total. The highest BCUT2D eigenvalue weighted by Gasteiger charge is 2.20. The van der Waals surface area contributed by atoms with E-state index in [1.165, 1.54) is 6.07 Å². The first-order valence-electron chi connectivity index (χ1n) is 8.74. The van der Waals surface area contributed by atoms with Gasteiger partial charge in [0, 0.05) is 22.2 Å². The minimum atomic E-state index is -3.92. The van der Waals surface area contributed by atoms with Gasteiger partial charge in [-0.3, -0.25) is 0 Å². The summed E-state index contributed by atoms with van der Waals surface area (Å²) in [5.41, 5.74) is 0.888. The summed E-state index contributed by atoms with van der Waals surface area (Å²) in [5.74, 6) is -1.32. The van der Waals surface area contributed by atoms with E-state index in [2.05, 4.69) is 4.72 Å². The van der Waals surface area contributed by atoms with Gasteiger partial charge in [-0.25, -0.2) is 17.9 Å². The first-order valence-corrected chi connectivity index (χ1v) is 11.0. The van der Waals surface area contributed by atoms with E-state index in [0.717, 1.165) is 17.7 Å². The molecule has 3 aromatic carbocycles. The molecule has 0 spiro atoms. The Bertz CT molecular complexity index is 1150. The number of rotatable bonds is 7. The third kappa shape index (κ3) is 5.31. The third-order valence-corrected chi connectivity index (χ3v) is 6.32. The number of halogens is 2. The van der Waals surface area contributed by atoms with E-state index in [9.17, 15) is 18.3 Å². The second-order valence-corrected chi connectivity index (χ2v) is 8.85. The zero-order chi connectivity index (χ0) is 21.7. The fraction of sp³-hybridized carbons (Fsp3) is 0.0952. The van der Waals surface area contributed by atoms with Crippen LogP contribution in [0.4, 0.5) is 0 Å². The Morgan fingerprint density at radius 1 is 0.967 bits per heavy atom. The van der Waals surface area contributed by atoms with E-state index >= 15 is 0 Å². The van der Waals surface area contributed by atoms with Crippen molar-refractivity contribution < 1.29 is 23.1 Å². The number of esters is 1. The van der Waals surface area contributed by atoms with E-state index in [1.807, 2.05) is 6.07 Å². The van der Waals surface area contributed by atoms with Crippen LogP contribution in [-0.2, 0) is 27.9 Å². The van der Waals surface area contributed by atoms with E-state index in [1.54, 1.807) is 42.5 Å². The molecule has 0 aliphatic heterocycles. The van der Waals surface area contributed by atoms with Crippen LogP contribution in [-0.4, -0.2) is 19.5 Å². The van der Waals surface area contributed by atoms with Gasteiger partial charge in [-0.05, 0) is 35.9 Å². The maximum Gasteiger partial charge on any atom is 0.342 e. The second-order valence-electron chi connectivity index (χ2n) is 6.27. The van der Waals surface area contributed by atoms with Crippen molar-refractivity contribution in [1.29, 1.82) is 0 Å². The first-order chi connectivity index (χ1) is 14.3. The molecule has 30 heavy (non-hydrogen) atoms. The van der Waals surface area contributed by atoms with Gasteiger partial charge in [-0.2, -0.15) is 0 Å². The number of benzene rings is 3. The molecule has 0 bridgehead atoms. The molecule has 0 saturated heterocycles. The van der Waals surface area contributed by atoms with Crippen molar-refractivity contribution in [3.63, 3.8) is 0 Å². The highest BCUT2D eigenvalue weighted by atomic mass is 35.5. The Hall–Kier alpha value is -2.58. The van der Waals surface area contributed by atoms with Crippen LogP contribution in [0.15, 0.2) is 71.6 Å². The van der Waals surface area contributed by atoms with Gasteiger partial charge in [-0.15, -0.1) is 0 Å². The summed E-state index contributed by atoms with van der Waals surface area (Å²) in [7, 11) is -3.92. The maximum atomic E-state index is 12.6. The molecule has 3 rings (SSSR count). The number of ether oxygens (including phenoxy) is 1. The van der Waals surface area contributed by atoms with Crippen LogP contribution in [0.3, 0.4) is 0 Å². The summed E-state index contributed by atoms with van der Waals surface area (Å²) < 4.78 is 32.8. The normalized spacial score (nSPS) is 11.3. The van der Waals surface area contributed by atoms with Crippen LogP contribution in [0.1, 0.15) is 21.5 Å². The van der Waals surface area contributed by atoms with E-state index in [4.69, 9.17) is 27.9 Å². The number of hydrogen-bond acceptors (Lipinski definition) is 5. The van der Waals surface area contributed by atoms with Crippen LogP contribution in [0, 0.1) is 0 Å². The van der Waals surface area contributed by atoms with Gasteiger partial charge in [0.1, 0.15) is 17.9 Å². The predicted octanol–water partition coefficient (Wildman–Crippen LogP) is 4.53. The first kappa shape index (κ1) is 22.1. The van der Waals surface area contributed by atoms with Crippen LogP contribution in [0.2, 0.25) is 10.0 Å². The van der Waals surface area contributed by atoms with Gasteiger partial charge in [0.2, 0.25) is 10.0 Å². The minimum Gasteiger partial charge on any atom is -0.507 e. The van der Waals surface area contributed by atoms with Gasteiger partial charge < -0.3 is 9.84 Å².